The molecule has 1 aromatic heterocycles. The second kappa shape index (κ2) is 8.55. The summed E-state index contributed by atoms with van der Waals surface area (Å²) in [5, 5.41) is -5.83. The first kappa shape index (κ1) is 9.33. The Kier molecular flexibility index (Phi) is 1.94. The van der Waals surface area contributed by atoms with Crippen LogP contribution in [0.25, 0.3) is 87.3 Å². The predicted octanol–water partition coefficient (Wildman–Crippen LogP) is 11.5. The van der Waals surface area contributed by atoms with Crippen LogP contribution >= 0.6 is 0 Å². The fourth-order valence-corrected chi connectivity index (χ4v) is 5.30. The molecule has 0 unspecified atom stereocenters. The van der Waals surface area contributed by atoms with Gasteiger partial charge in [-0.2, -0.15) is 0 Å². The summed E-state index contributed by atoms with van der Waals surface area (Å²) < 4.78 is 221. The highest BCUT2D eigenvalue weighted by Crippen LogP contribution is 2.48. The summed E-state index contributed by atoms with van der Waals surface area (Å²) >= 11 is 0. The van der Waals surface area contributed by atoms with Crippen molar-refractivity contribution in [1.29, 1.82) is 0 Å². The zero-order valence-electron chi connectivity index (χ0n) is 44.4. The number of furan rings is 1. The van der Waals surface area contributed by atoms with Crippen molar-refractivity contribution >= 4 is 65.0 Å². The van der Waals surface area contributed by atoms with Crippen LogP contribution in [0.4, 0.5) is 0 Å². The van der Waals surface area contributed by atoms with Crippen LogP contribution in [0.3, 0.4) is 0 Å². The molecule has 1 heterocycles. The molecule has 41 heavy (non-hydrogen) atoms. The fourth-order valence-electron chi connectivity index (χ4n) is 5.30. The maximum Gasteiger partial charge on any atom is 0.136 e. The van der Waals surface area contributed by atoms with E-state index < -0.39 is 232 Å². The summed E-state index contributed by atoms with van der Waals surface area (Å²) in [7, 11) is 0. The first-order valence-corrected chi connectivity index (χ1v) is 12.2. The molecule has 0 aliphatic heterocycles. The molecule has 0 spiro atoms. The van der Waals surface area contributed by atoms with E-state index in [1.165, 1.54) is 0 Å². The van der Waals surface area contributed by atoms with E-state index in [1.807, 2.05) is 0 Å². The molecule has 9 rings (SSSR count). The smallest absolute Gasteiger partial charge is 0.136 e. The lowest BCUT2D eigenvalue weighted by molar-refractivity contribution is 0.669. The molecular formula is C40H24O. The second-order valence-corrected chi connectivity index (χ2v) is 9.01. The minimum atomic E-state index is -0.960. The van der Waals surface area contributed by atoms with E-state index in [0.29, 0.717) is 0 Å². The van der Waals surface area contributed by atoms with Crippen LogP contribution in [-0.4, -0.2) is 0 Å². The molecule has 1 heteroatoms. The van der Waals surface area contributed by atoms with Gasteiger partial charge in [-0.15, -0.1) is 0 Å². The van der Waals surface area contributed by atoms with Crippen LogP contribution in [0.2, 0.25) is 0 Å². The van der Waals surface area contributed by atoms with Crippen LogP contribution in [0.5, 0.6) is 0 Å². The van der Waals surface area contributed by atoms with E-state index in [-0.39, 0.29) is 0 Å². The lowest BCUT2D eigenvalue weighted by Gasteiger charge is -2.19. The molecule has 0 radical (unpaired) electrons. The highest BCUT2D eigenvalue weighted by atomic mass is 16.3. The number of fused-ring (bicyclic) bond motifs is 8. The lowest BCUT2D eigenvalue weighted by atomic mass is 9.83. The van der Waals surface area contributed by atoms with Crippen LogP contribution < -0.4 is 0 Å². The van der Waals surface area contributed by atoms with Gasteiger partial charge in [0, 0.05) is 10.8 Å². The standard InChI is InChI=1S/C40H24O/c1-2-12-26-25(11-1)23-24-28-27(26)18-9-19-29(28)38-30-13-3-5-15-32(30)39(33-16-6-4-14-31(33)38)35-20-10-22-37-40(35)34-17-7-8-21-36(34)41-37/h1-24H/i1D,2D,3D,4D,5D,6D,7D,8D,9D,10D,11D,12D,13D,14D,15D,16D,17D,18D,19D,20D,21D,22D,23D,24D. The third-order valence-electron chi connectivity index (χ3n) is 6.95. The summed E-state index contributed by atoms with van der Waals surface area (Å²) in [6, 6.07) is -20.9. The summed E-state index contributed by atoms with van der Waals surface area (Å²) in [6.45, 7) is 0. The molecule has 0 aliphatic rings. The van der Waals surface area contributed by atoms with Gasteiger partial charge < -0.3 is 4.42 Å². The van der Waals surface area contributed by atoms with Crippen molar-refractivity contribution in [1.82, 2.24) is 0 Å². The molecular weight excluding hydrogens is 496 g/mol. The van der Waals surface area contributed by atoms with E-state index in [9.17, 15) is 9.60 Å². The van der Waals surface area contributed by atoms with Crippen molar-refractivity contribution in [2.24, 2.45) is 0 Å². The lowest BCUT2D eigenvalue weighted by Crippen LogP contribution is -1.92. The summed E-state index contributed by atoms with van der Waals surface area (Å²) in [5.74, 6) is 0. The second-order valence-electron chi connectivity index (χ2n) is 9.01. The third kappa shape index (κ3) is 3.18. The molecule has 0 bridgehead atoms. The van der Waals surface area contributed by atoms with Gasteiger partial charge >= 0.3 is 0 Å². The first-order valence-electron chi connectivity index (χ1n) is 24.2. The van der Waals surface area contributed by atoms with Gasteiger partial charge in [-0.25, -0.2) is 0 Å². The van der Waals surface area contributed by atoms with Crippen molar-refractivity contribution in [2.45, 2.75) is 0 Å². The quantitative estimate of drug-likeness (QED) is 0.156. The zero-order valence-corrected chi connectivity index (χ0v) is 20.4. The Morgan fingerprint density at radius 2 is 0.854 bits per heavy atom. The molecule has 0 atom stereocenters. The molecule has 0 saturated carbocycles. The van der Waals surface area contributed by atoms with Crippen molar-refractivity contribution in [3.63, 3.8) is 0 Å². The van der Waals surface area contributed by atoms with E-state index in [4.69, 9.17) is 27.7 Å². The van der Waals surface area contributed by atoms with Gasteiger partial charge in [0.2, 0.25) is 0 Å². The molecule has 0 aliphatic carbocycles. The Morgan fingerprint density at radius 1 is 0.341 bits per heavy atom. The van der Waals surface area contributed by atoms with Crippen LogP contribution in [0, 0.1) is 0 Å². The summed E-state index contributed by atoms with van der Waals surface area (Å²) in [4.78, 5) is 0. The van der Waals surface area contributed by atoms with E-state index in [1.54, 1.807) is 0 Å². The highest BCUT2D eigenvalue weighted by Gasteiger charge is 2.20. The molecule has 1 nitrogen and oxygen atoms in total. The van der Waals surface area contributed by atoms with E-state index >= 15 is 0 Å². The molecule has 0 fully saturated rings. The number of para-hydroxylation sites is 1. The Labute approximate surface area is 270 Å². The van der Waals surface area contributed by atoms with Gasteiger partial charge in [-0.3, -0.25) is 0 Å². The number of hydrogen-bond acceptors (Lipinski definition) is 1. The van der Waals surface area contributed by atoms with Crippen molar-refractivity contribution < 1.29 is 37.3 Å². The van der Waals surface area contributed by atoms with Gasteiger partial charge in [-0.1, -0.05) is 133 Å². The fraction of sp³-hybridized carbons (Fsp3) is 0. The largest absolute Gasteiger partial charge is 0.456 e. The summed E-state index contributed by atoms with van der Waals surface area (Å²) in [6.07, 6.45) is 0. The van der Waals surface area contributed by atoms with Gasteiger partial charge in [-0.05, 0) is 77.4 Å². The van der Waals surface area contributed by atoms with Crippen LogP contribution in [0.15, 0.2) is 149 Å². The average Bonchev–Trinajstić information content (AvgIpc) is 3.68. The summed E-state index contributed by atoms with van der Waals surface area (Å²) in [5.41, 5.74) is -3.73. The zero-order chi connectivity index (χ0) is 47.8. The van der Waals surface area contributed by atoms with E-state index in [2.05, 4.69) is 0 Å². The topological polar surface area (TPSA) is 13.1 Å². The number of hydrogen-bond donors (Lipinski definition) is 0. The SMILES string of the molecule is [2H]c1c([2H])c([2H])c2c(oc3c([2H])c([2H])c([2H])c(-c4c5c([2H])c([2H])c([2H])c([2H])c5c(-c5c([2H])c([2H])c([2H])c6c5c([2H])c([2H])c5c([2H])c([2H])c([2H])c([2H])c56)c5c([2H])c([2H])c([2H])c([2H])c45)c32)c1[2H]. The predicted molar refractivity (Wildman–Crippen MR) is 175 cm³/mol. The first-order chi connectivity index (χ1) is 30.3. The monoisotopic (exact) mass is 544 g/mol. The number of rotatable bonds is 2. The van der Waals surface area contributed by atoms with Crippen molar-refractivity contribution in [3.05, 3.63) is 145 Å². The maximum atomic E-state index is 9.45. The van der Waals surface area contributed by atoms with Gasteiger partial charge in [0.05, 0.1) is 32.9 Å². The molecule has 0 amide bonds. The Bertz CT molecular complexity index is 3740. The Hall–Kier alpha value is -5.40. The molecule has 190 valence electrons. The van der Waals surface area contributed by atoms with Crippen LogP contribution in [0.1, 0.15) is 32.9 Å². The minimum Gasteiger partial charge on any atom is -0.456 e. The van der Waals surface area contributed by atoms with Crippen LogP contribution in [-0.2, 0) is 0 Å². The van der Waals surface area contributed by atoms with Gasteiger partial charge in [0.1, 0.15) is 11.2 Å². The Morgan fingerprint density at radius 3 is 1.59 bits per heavy atom. The van der Waals surface area contributed by atoms with Crippen molar-refractivity contribution in [3.8, 4) is 22.3 Å². The normalized spacial score (nSPS) is 20.1. The van der Waals surface area contributed by atoms with Gasteiger partial charge in [0.25, 0.3) is 0 Å². The number of benzene rings is 8. The third-order valence-corrected chi connectivity index (χ3v) is 6.95. The van der Waals surface area contributed by atoms with E-state index in [0.717, 1.165) is 0 Å². The molecule has 0 saturated heterocycles. The van der Waals surface area contributed by atoms with Gasteiger partial charge in [0.15, 0.2) is 0 Å². The highest BCUT2D eigenvalue weighted by molar-refractivity contribution is 6.27. The Balaban J connectivity index is 1.71. The van der Waals surface area contributed by atoms with Crippen molar-refractivity contribution in [2.75, 3.05) is 0 Å². The molecule has 8 aromatic carbocycles. The minimum absolute atomic E-state index is 0.447. The average molecular weight is 545 g/mol. The maximum absolute atomic E-state index is 9.45. The molecule has 9 aromatic rings. The molecule has 0 N–H and O–H groups in total.